The van der Waals surface area contributed by atoms with E-state index in [-0.39, 0.29) is 18.2 Å². The first kappa shape index (κ1) is 18.2. The molecular weight excluding hydrogens is 328 g/mol. The summed E-state index contributed by atoms with van der Waals surface area (Å²) in [5, 5.41) is 5.93. The fourth-order valence-corrected chi connectivity index (χ4v) is 3.21. The minimum absolute atomic E-state index is 0.106. The summed E-state index contributed by atoms with van der Waals surface area (Å²) in [4.78, 5) is 20.8. The van der Waals surface area contributed by atoms with Crippen molar-refractivity contribution < 1.29 is 9.53 Å². The summed E-state index contributed by atoms with van der Waals surface area (Å²) in [5.74, 6) is 0. The fourth-order valence-electron chi connectivity index (χ4n) is 3.21. The lowest BCUT2D eigenvalue weighted by Crippen LogP contribution is -2.41. The number of aryl methyl sites for hydroxylation is 3. The minimum atomic E-state index is -0.157. The van der Waals surface area contributed by atoms with E-state index in [2.05, 4.69) is 20.6 Å². The van der Waals surface area contributed by atoms with Crippen LogP contribution in [0.1, 0.15) is 42.6 Å². The standard InChI is InChI=1S/C20H26N4O2/c1-13-4-6-16(7-5-13)23-19(25)24-17-8-10-18(11-9-17)26-20-21-14(2)12-15(3)22-20/h4-7,12,17-18H,8-11H2,1-3H3,(H2,23,24,25). The van der Waals surface area contributed by atoms with E-state index in [1.807, 2.05) is 51.1 Å². The Morgan fingerprint density at radius 2 is 1.62 bits per heavy atom. The number of carbonyl (C=O) groups is 1. The van der Waals surface area contributed by atoms with Crippen LogP contribution in [-0.2, 0) is 0 Å². The summed E-state index contributed by atoms with van der Waals surface area (Å²) in [5.41, 5.74) is 3.80. The third-order valence-corrected chi connectivity index (χ3v) is 4.55. The zero-order valence-electron chi connectivity index (χ0n) is 15.6. The molecular formula is C20H26N4O2. The van der Waals surface area contributed by atoms with E-state index in [4.69, 9.17) is 4.74 Å². The predicted molar refractivity (Wildman–Crippen MR) is 102 cm³/mol. The van der Waals surface area contributed by atoms with Crippen molar-refractivity contribution in [2.45, 2.75) is 58.6 Å². The van der Waals surface area contributed by atoms with Gasteiger partial charge in [-0.05, 0) is 64.7 Å². The second-order valence-corrected chi connectivity index (χ2v) is 6.99. The highest BCUT2D eigenvalue weighted by molar-refractivity contribution is 5.89. The molecule has 2 aromatic rings. The number of benzene rings is 1. The van der Waals surface area contributed by atoms with Crippen LogP contribution in [-0.4, -0.2) is 28.1 Å². The molecule has 1 saturated carbocycles. The summed E-state index contributed by atoms with van der Waals surface area (Å²) >= 11 is 0. The molecule has 0 atom stereocenters. The Labute approximate surface area is 154 Å². The van der Waals surface area contributed by atoms with E-state index >= 15 is 0 Å². The molecule has 2 amide bonds. The SMILES string of the molecule is Cc1ccc(NC(=O)NC2CCC(Oc3nc(C)cc(C)n3)CC2)cc1. The number of hydrogen-bond donors (Lipinski definition) is 2. The summed E-state index contributed by atoms with van der Waals surface area (Å²) in [6, 6.07) is 10.2. The van der Waals surface area contributed by atoms with Crippen LogP contribution in [0, 0.1) is 20.8 Å². The number of ether oxygens (including phenoxy) is 1. The fraction of sp³-hybridized carbons (Fsp3) is 0.450. The molecule has 138 valence electrons. The van der Waals surface area contributed by atoms with Gasteiger partial charge in [-0.15, -0.1) is 0 Å². The number of nitrogens with zero attached hydrogens (tertiary/aromatic N) is 2. The third kappa shape index (κ3) is 5.18. The molecule has 1 aromatic carbocycles. The smallest absolute Gasteiger partial charge is 0.319 e. The number of hydrogen-bond acceptors (Lipinski definition) is 4. The lowest BCUT2D eigenvalue weighted by atomic mass is 9.93. The number of rotatable bonds is 4. The number of urea groups is 1. The van der Waals surface area contributed by atoms with Gasteiger partial charge in [0, 0.05) is 23.1 Å². The summed E-state index contributed by atoms with van der Waals surface area (Å²) in [7, 11) is 0. The molecule has 1 aliphatic rings. The van der Waals surface area contributed by atoms with Crippen molar-refractivity contribution in [2.75, 3.05) is 5.32 Å². The van der Waals surface area contributed by atoms with E-state index in [9.17, 15) is 4.79 Å². The van der Waals surface area contributed by atoms with Gasteiger partial charge in [-0.2, -0.15) is 0 Å². The Balaban J connectivity index is 1.44. The molecule has 0 saturated heterocycles. The molecule has 3 rings (SSSR count). The number of amides is 2. The van der Waals surface area contributed by atoms with Crippen molar-refractivity contribution in [3.05, 3.63) is 47.3 Å². The Morgan fingerprint density at radius 3 is 2.23 bits per heavy atom. The lowest BCUT2D eigenvalue weighted by Gasteiger charge is -2.29. The Hall–Kier alpha value is -2.63. The maximum atomic E-state index is 12.1. The first-order valence-corrected chi connectivity index (χ1v) is 9.11. The first-order chi connectivity index (χ1) is 12.5. The topological polar surface area (TPSA) is 76.1 Å². The molecule has 2 N–H and O–H groups in total. The zero-order valence-corrected chi connectivity index (χ0v) is 15.6. The Bertz CT molecular complexity index is 733. The lowest BCUT2D eigenvalue weighted by molar-refractivity contribution is 0.129. The van der Waals surface area contributed by atoms with E-state index in [1.54, 1.807) is 0 Å². The molecule has 1 heterocycles. The van der Waals surface area contributed by atoms with Crippen molar-refractivity contribution in [1.82, 2.24) is 15.3 Å². The number of carbonyl (C=O) groups excluding carboxylic acids is 1. The number of nitrogens with one attached hydrogen (secondary N) is 2. The molecule has 6 heteroatoms. The van der Waals surface area contributed by atoms with Gasteiger partial charge >= 0.3 is 12.0 Å². The van der Waals surface area contributed by atoms with Crippen LogP contribution < -0.4 is 15.4 Å². The van der Waals surface area contributed by atoms with Gasteiger partial charge < -0.3 is 15.4 Å². The highest BCUT2D eigenvalue weighted by Gasteiger charge is 2.24. The van der Waals surface area contributed by atoms with Crippen LogP contribution in [0.4, 0.5) is 10.5 Å². The largest absolute Gasteiger partial charge is 0.460 e. The molecule has 0 spiro atoms. The molecule has 1 aliphatic carbocycles. The normalized spacial score (nSPS) is 19.7. The molecule has 1 aromatic heterocycles. The highest BCUT2D eigenvalue weighted by Crippen LogP contribution is 2.22. The van der Waals surface area contributed by atoms with E-state index < -0.39 is 0 Å². The van der Waals surface area contributed by atoms with Crippen LogP contribution in [0.25, 0.3) is 0 Å². The molecule has 0 aliphatic heterocycles. The van der Waals surface area contributed by atoms with Gasteiger partial charge in [-0.3, -0.25) is 0 Å². The molecule has 0 bridgehead atoms. The van der Waals surface area contributed by atoms with Gasteiger partial charge in [0.15, 0.2) is 0 Å². The first-order valence-electron chi connectivity index (χ1n) is 9.11. The zero-order chi connectivity index (χ0) is 18.5. The van der Waals surface area contributed by atoms with Gasteiger partial charge in [0.05, 0.1) is 0 Å². The second-order valence-electron chi connectivity index (χ2n) is 6.99. The van der Waals surface area contributed by atoms with Gasteiger partial charge in [-0.25, -0.2) is 14.8 Å². The maximum absolute atomic E-state index is 12.1. The predicted octanol–water partition coefficient (Wildman–Crippen LogP) is 3.91. The molecule has 6 nitrogen and oxygen atoms in total. The minimum Gasteiger partial charge on any atom is -0.460 e. The summed E-state index contributed by atoms with van der Waals surface area (Å²) < 4.78 is 5.93. The van der Waals surface area contributed by atoms with Crippen LogP contribution >= 0.6 is 0 Å². The van der Waals surface area contributed by atoms with E-state index in [1.165, 1.54) is 5.56 Å². The van der Waals surface area contributed by atoms with Crippen molar-refractivity contribution in [1.29, 1.82) is 0 Å². The Morgan fingerprint density at radius 1 is 1.00 bits per heavy atom. The van der Waals surface area contributed by atoms with Crippen molar-refractivity contribution in [3.63, 3.8) is 0 Å². The number of anilines is 1. The van der Waals surface area contributed by atoms with Crippen LogP contribution in [0.15, 0.2) is 30.3 Å². The molecule has 0 unspecified atom stereocenters. The quantitative estimate of drug-likeness (QED) is 0.873. The molecule has 0 radical (unpaired) electrons. The van der Waals surface area contributed by atoms with E-state index in [0.717, 1.165) is 42.8 Å². The summed E-state index contributed by atoms with van der Waals surface area (Å²) in [6.45, 7) is 5.90. The van der Waals surface area contributed by atoms with Crippen LogP contribution in [0.5, 0.6) is 6.01 Å². The van der Waals surface area contributed by atoms with Crippen LogP contribution in [0.3, 0.4) is 0 Å². The summed E-state index contributed by atoms with van der Waals surface area (Å²) in [6.07, 6.45) is 3.64. The number of aromatic nitrogens is 2. The molecule has 26 heavy (non-hydrogen) atoms. The monoisotopic (exact) mass is 354 g/mol. The van der Waals surface area contributed by atoms with Gasteiger partial charge in [-0.1, -0.05) is 17.7 Å². The van der Waals surface area contributed by atoms with Gasteiger partial charge in [0.2, 0.25) is 0 Å². The third-order valence-electron chi connectivity index (χ3n) is 4.55. The van der Waals surface area contributed by atoms with Crippen molar-refractivity contribution in [3.8, 4) is 6.01 Å². The average Bonchev–Trinajstić information content (AvgIpc) is 2.58. The van der Waals surface area contributed by atoms with Gasteiger partial charge in [0.25, 0.3) is 0 Å². The highest BCUT2D eigenvalue weighted by atomic mass is 16.5. The van der Waals surface area contributed by atoms with Crippen molar-refractivity contribution >= 4 is 11.7 Å². The van der Waals surface area contributed by atoms with E-state index in [0.29, 0.717) is 6.01 Å². The van der Waals surface area contributed by atoms with Gasteiger partial charge in [0.1, 0.15) is 6.10 Å². The maximum Gasteiger partial charge on any atom is 0.319 e. The molecule has 1 fully saturated rings. The second kappa shape index (κ2) is 8.17. The van der Waals surface area contributed by atoms with Crippen molar-refractivity contribution in [2.24, 2.45) is 0 Å². The Kier molecular flexibility index (Phi) is 5.71. The van der Waals surface area contributed by atoms with Crippen LogP contribution in [0.2, 0.25) is 0 Å². The average molecular weight is 354 g/mol.